The van der Waals surface area contributed by atoms with E-state index in [1.54, 1.807) is 4.31 Å². The Hall–Kier alpha value is -0.210. The lowest BCUT2D eigenvalue weighted by atomic mass is 9.98. The lowest BCUT2D eigenvalue weighted by Gasteiger charge is -2.32. The van der Waals surface area contributed by atoms with Crippen LogP contribution in [-0.4, -0.2) is 70.0 Å². The Morgan fingerprint density at radius 3 is 2.43 bits per heavy atom. The highest BCUT2D eigenvalue weighted by Crippen LogP contribution is 2.19. The van der Waals surface area contributed by atoms with Crippen LogP contribution in [0.2, 0.25) is 0 Å². The Bertz CT molecular complexity index is 407. The Morgan fingerprint density at radius 1 is 1.10 bits per heavy atom. The standard InChI is InChI=1S/C14H30N4O2S/c1-3-17-8-4-5-14(17)12-16-21(19,20)18-9-6-13(7-10-18)11-15-2/h13-16H,3-12H2,1-2H3. The number of likely N-dealkylation sites (N-methyl/N-ethyl adjacent to an activating group) is 1. The molecule has 0 spiro atoms. The molecule has 0 bridgehead atoms. The fraction of sp³-hybridized carbons (Fsp3) is 1.00. The minimum absolute atomic E-state index is 0.367. The summed E-state index contributed by atoms with van der Waals surface area (Å²) in [4.78, 5) is 2.36. The van der Waals surface area contributed by atoms with Gasteiger partial charge in [0.1, 0.15) is 0 Å². The third kappa shape index (κ3) is 4.63. The number of rotatable bonds is 7. The van der Waals surface area contributed by atoms with Crippen molar-refractivity contribution >= 4 is 10.2 Å². The normalized spacial score (nSPS) is 26.5. The van der Waals surface area contributed by atoms with E-state index >= 15 is 0 Å². The van der Waals surface area contributed by atoms with Crippen molar-refractivity contribution in [1.82, 2.24) is 19.2 Å². The molecule has 2 rings (SSSR count). The fourth-order valence-electron chi connectivity index (χ4n) is 3.48. The summed E-state index contributed by atoms with van der Waals surface area (Å²) in [6.07, 6.45) is 4.18. The van der Waals surface area contributed by atoms with Gasteiger partial charge < -0.3 is 5.32 Å². The summed E-state index contributed by atoms with van der Waals surface area (Å²) in [5.41, 5.74) is 0. The van der Waals surface area contributed by atoms with Crippen molar-refractivity contribution < 1.29 is 8.42 Å². The van der Waals surface area contributed by atoms with Crippen LogP contribution >= 0.6 is 0 Å². The number of hydrogen-bond donors (Lipinski definition) is 2. The van der Waals surface area contributed by atoms with E-state index in [1.165, 1.54) is 6.42 Å². The molecule has 2 saturated heterocycles. The molecule has 7 heteroatoms. The predicted molar refractivity (Wildman–Crippen MR) is 85.4 cm³/mol. The highest BCUT2D eigenvalue weighted by Gasteiger charge is 2.29. The molecule has 0 saturated carbocycles. The summed E-state index contributed by atoms with van der Waals surface area (Å²) in [7, 11) is -1.35. The molecule has 0 aromatic rings. The zero-order valence-electron chi connectivity index (χ0n) is 13.3. The molecule has 0 aromatic carbocycles. The maximum absolute atomic E-state index is 12.4. The third-order valence-corrected chi connectivity index (χ3v) is 6.39. The van der Waals surface area contributed by atoms with Crippen LogP contribution in [0, 0.1) is 5.92 Å². The Labute approximate surface area is 129 Å². The average Bonchev–Trinajstić information content (AvgIpc) is 2.94. The van der Waals surface area contributed by atoms with Crippen molar-refractivity contribution in [2.45, 2.75) is 38.6 Å². The van der Waals surface area contributed by atoms with E-state index in [1.807, 2.05) is 7.05 Å². The second kappa shape index (κ2) is 7.87. The summed E-state index contributed by atoms with van der Waals surface area (Å²) in [5, 5.41) is 3.18. The highest BCUT2D eigenvalue weighted by atomic mass is 32.2. The van der Waals surface area contributed by atoms with Crippen molar-refractivity contribution in [3.8, 4) is 0 Å². The summed E-state index contributed by atoms with van der Waals surface area (Å²) in [6.45, 7) is 7.05. The van der Waals surface area contributed by atoms with Gasteiger partial charge in [0, 0.05) is 25.7 Å². The molecule has 124 valence electrons. The van der Waals surface area contributed by atoms with Gasteiger partial charge in [0.25, 0.3) is 10.2 Å². The molecular weight excluding hydrogens is 288 g/mol. The Balaban J connectivity index is 1.79. The summed E-state index contributed by atoms with van der Waals surface area (Å²) in [5.74, 6) is 0.604. The maximum atomic E-state index is 12.4. The van der Waals surface area contributed by atoms with Gasteiger partial charge in [0.15, 0.2) is 0 Å². The van der Waals surface area contributed by atoms with Crippen molar-refractivity contribution in [3.05, 3.63) is 0 Å². The van der Waals surface area contributed by atoms with Gasteiger partial charge in [-0.25, -0.2) is 4.72 Å². The molecule has 0 aromatic heterocycles. The molecule has 0 aliphatic carbocycles. The van der Waals surface area contributed by atoms with Crippen LogP contribution in [0.5, 0.6) is 0 Å². The van der Waals surface area contributed by atoms with Crippen molar-refractivity contribution in [1.29, 1.82) is 0 Å². The van der Waals surface area contributed by atoms with Gasteiger partial charge in [-0.2, -0.15) is 12.7 Å². The van der Waals surface area contributed by atoms with Crippen LogP contribution in [0.15, 0.2) is 0 Å². The van der Waals surface area contributed by atoms with Crippen LogP contribution in [0.25, 0.3) is 0 Å². The molecule has 0 amide bonds. The Morgan fingerprint density at radius 2 is 1.81 bits per heavy atom. The van der Waals surface area contributed by atoms with E-state index in [9.17, 15) is 8.42 Å². The van der Waals surface area contributed by atoms with Gasteiger partial charge in [-0.3, -0.25) is 4.90 Å². The summed E-state index contributed by atoms with van der Waals surface area (Å²) < 4.78 is 29.2. The quantitative estimate of drug-likeness (QED) is 0.706. The van der Waals surface area contributed by atoms with Gasteiger partial charge in [-0.05, 0) is 58.3 Å². The number of hydrogen-bond acceptors (Lipinski definition) is 4. The summed E-state index contributed by atoms with van der Waals surface area (Å²) >= 11 is 0. The van der Waals surface area contributed by atoms with E-state index in [2.05, 4.69) is 21.9 Å². The topological polar surface area (TPSA) is 64.7 Å². The van der Waals surface area contributed by atoms with Crippen LogP contribution in [0.4, 0.5) is 0 Å². The fourth-order valence-corrected chi connectivity index (χ4v) is 4.75. The molecule has 1 unspecified atom stereocenters. The van der Waals surface area contributed by atoms with Crippen molar-refractivity contribution in [3.63, 3.8) is 0 Å². The molecule has 1 atom stereocenters. The molecule has 2 aliphatic heterocycles. The maximum Gasteiger partial charge on any atom is 0.279 e. The van der Waals surface area contributed by atoms with E-state index in [-0.39, 0.29) is 0 Å². The molecule has 6 nitrogen and oxygen atoms in total. The minimum Gasteiger partial charge on any atom is -0.319 e. The van der Waals surface area contributed by atoms with E-state index in [0.29, 0.717) is 31.6 Å². The first-order valence-corrected chi connectivity index (χ1v) is 9.64. The first-order valence-electron chi connectivity index (χ1n) is 8.20. The number of likely N-dealkylation sites (tertiary alicyclic amines) is 1. The average molecular weight is 318 g/mol. The zero-order valence-corrected chi connectivity index (χ0v) is 14.2. The number of nitrogens with zero attached hydrogens (tertiary/aromatic N) is 2. The molecule has 2 aliphatic rings. The lowest BCUT2D eigenvalue weighted by Crippen LogP contribution is -2.49. The Kier molecular flexibility index (Phi) is 6.43. The SMILES string of the molecule is CCN1CCCC1CNS(=O)(=O)N1CCC(CNC)CC1. The molecule has 2 N–H and O–H groups in total. The van der Waals surface area contributed by atoms with Gasteiger partial charge >= 0.3 is 0 Å². The summed E-state index contributed by atoms with van der Waals surface area (Å²) in [6, 6.07) is 0.367. The van der Waals surface area contributed by atoms with Gasteiger partial charge in [0.05, 0.1) is 0 Å². The van der Waals surface area contributed by atoms with Crippen molar-refractivity contribution in [2.75, 3.05) is 46.3 Å². The molecule has 0 radical (unpaired) electrons. The van der Waals surface area contributed by atoms with Gasteiger partial charge in [-0.15, -0.1) is 0 Å². The van der Waals surface area contributed by atoms with E-state index < -0.39 is 10.2 Å². The van der Waals surface area contributed by atoms with Crippen molar-refractivity contribution in [2.24, 2.45) is 5.92 Å². The molecule has 2 heterocycles. The van der Waals surface area contributed by atoms with Crippen LogP contribution in [-0.2, 0) is 10.2 Å². The largest absolute Gasteiger partial charge is 0.319 e. The minimum atomic E-state index is -3.30. The van der Waals surface area contributed by atoms with Crippen LogP contribution < -0.4 is 10.0 Å². The van der Waals surface area contributed by atoms with Gasteiger partial charge in [-0.1, -0.05) is 6.92 Å². The zero-order chi connectivity index (χ0) is 15.3. The molecular formula is C14H30N4O2S. The first-order chi connectivity index (χ1) is 10.1. The van der Waals surface area contributed by atoms with E-state index in [0.717, 1.165) is 38.9 Å². The van der Waals surface area contributed by atoms with Crippen LogP contribution in [0.3, 0.4) is 0 Å². The van der Waals surface area contributed by atoms with Crippen LogP contribution in [0.1, 0.15) is 32.6 Å². The predicted octanol–water partition coefficient (Wildman–Crippen LogP) is 0.237. The lowest BCUT2D eigenvalue weighted by molar-refractivity contribution is 0.255. The second-order valence-electron chi connectivity index (χ2n) is 6.18. The van der Waals surface area contributed by atoms with E-state index in [4.69, 9.17) is 0 Å². The third-order valence-electron chi connectivity index (χ3n) is 4.81. The number of piperidine rings is 1. The molecule has 21 heavy (non-hydrogen) atoms. The van der Waals surface area contributed by atoms with Gasteiger partial charge in [0.2, 0.25) is 0 Å². The molecule has 2 fully saturated rings. The smallest absolute Gasteiger partial charge is 0.279 e. The second-order valence-corrected chi connectivity index (χ2v) is 7.93. The number of nitrogens with one attached hydrogen (secondary N) is 2. The monoisotopic (exact) mass is 318 g/mol. The highest BCUT2D eigenvalue weighted by molar-refractivity contribution is 7.87. The first kappa shape index (κ1) is 17.1.